The zero-order chi connectivity index (χ0) is 17.9. The van der Waals surface area contributed by atoms with Gasteiger partial charge in [-0.25, -0.2) is 9.78 Å². The van der Waals surface area contributed by atoms with Crippen molar-refractivity contribution in [2.24, 2.45) is 0 Å². The highest BCUT2D eigenvalue weighted by molar-refractivity contribution is 5.92. The van der Waals surface area contributed by atoms with E-state index in [4.69, 9.17) is 4.84 Å². The fraction of sp³-hybridized carbons (Fsp3) is 0.333. The van der Waals surface area contributed by atoms with Crippen molar-refractivity contribution in [1.82, 2.24) is 25.2 Å². The van der Waals surface area contributed by atoms with Crippen molar-refractivity contribution < 1.29 is 14.4 Å². The summed E-state index contributed by atoms with van der Waals surface area (Å²) in [6, 6.07) is 9.51. The molecule has 0 spiro atoms. The Morgan fingerprint density at radius 3 is 2.85 bits per heavy atom. The monoisotopic (exact) mass is 353 g/mol. The van der Waals surface area contributed by atoms with Crippen LogP contribution in [-0.2, 0) is 11.4 Å². The molecule has 2 aliphatic heterocycles. The SMILES string of the molecule is O=C(N[C@@H]1CC[C@@H]2CN1C(=O)N2OCc1ccccc1)c1cnccn1. The summed E-state index contributed by atoms with van der Waals surface area (Å²) in [7, 11) is 0. The maximum absolute atomic E-state index is 12.7. The van der Waals surface area contributed by atoms with Crippen LogP contribution in [0.25, 0.3) is 0 Å². The topological polar surface area (TPSA) is 87.7 Å². The Balaban J connectivity index is 1.39. The predicted octanol–water partition coefficient (Wildman–Crippen LogP) is 1.56. The Hall–Kier alpha value is -3.00. The van der Waals surface area contributed by atoms with E-state index in [0.29, 0.717) is 19.6 Å². The fourth-order valence-corrected chi connectivity index (χ4v) is 3.31. The van der Waals surface area contributed by atoms with Gasteiger partial charge in [0.25, 0.3) is 5.91 Å². The summed E-state index contributed by atoms with van der Waals surface area (Å²) in [5, 5.41) is 4.31. The average molecular weight is 353 g/mol. The fourth-order valence-electron chi connectivity index (χ4n) is 3.31. The van der Waals surface area contributed by atoms with Crippen LogP contribution >= 0.6 is 0 Å². The molecule has 4 rings (SSSR count). The van der Waals surface area contributed by atoms with Gasteiger partial charge in [-0.2, -0.15) is 5.06 Å². The lowest BCUT2D eigenvalue weighted by molar-refractivity contribution is -0.140. The Labute approximate surface area is 150 Å². The molecule has 2 aromatic rings. The van der Waals surface area contributed by atoms with E-state index >= 15 is 0 Å². The number of hydroxylamine groups is 2. The minimum absolute atomic E-state index is 0.0101. The molecular formula is C18H19N5O3. The van der Waals surface area contributed by atoms with Gasteiger partial charge in [0, 0.05) is 18.9 Å². The van der Waals surface area contributed by atoms with Gasteiger partial charge in [0.2, 0.25) is 0 Å². The smallest absolute Gasteiger partial charge is 0.330 e. The van der Waals surface area contributed by atoms with Crippen LogP contribution in [0.15, 0.2) is 48.9 Å². The number of carbonyl (C=O) groups excluding carboxylic acids is 2. The molecule has 3 heterocycles. The number of hydrogen-bond donors (Lipinski definition) is 1. The summed E-state index contributed by atoms with van der Waals surface area (Å²) in [5.41, 5.74) is 1.24. The second-order valence-corrected chi connectivity index (χ2v) is 6.33. The first-order chi connectivity index (χ1) is 12.7. The van der Waals surface area contributed by atoms with E-state index in [1.165, 1.54) is 23.7 Å². The summed E-state index contributed by atoms with van der Waals surface area (Å²) in [5.74, 6) is -0.335. The molecule has 0 saturated carbocycles. The lowest BCUT2D eigenvalue weighted by atomic mass is 10.1. The molecule has 0 aliphatic carbocycles. The number of rotatable bonds is 5. The Kier molecular flexibility index (Phi) is 4.49. The number of piperidine rings is 1. The maximum Gasteiger partial charge on any atom is 0.345 e. The van der Waals surface area contributed by atoms with E-state index in [2.05, 4.69) is 15.3 Å². The van der Waals surface area contributed by atoms with Gasteiger partial charge in [-0.1, -0.05) is 30.3 Å². The van der Waals surface area contributed by atoms with Crippen LogP contribution in [0.2, 0.25) is 0 Å². The quantitative estimate of drug-likeness (QED) is 0.881. The number of urea groups is 1. The summed E-state index contributed by atoms with van der Waals surface area (Å²) in [6.07, 6.45) is 5.46. The molecule has 2 saturated heterocycles. The average Bonchev–Trinajstić information content (AvgIpc) is 2.94. The molecular weight excluding hydrogens is 334 g/mol. The van der Waals surface area contributed by atoms with Crippen LogP contribution in [0.4, 0.5) is 4.79 Å². The standard InChI is InChI=1S/C18H19N5O3/c24-17(15-10-19-8-9-20-15)21-16-7-6-14-11-22(16)18(25)23(14)26-12-13-4-2-1-3-5-13/h1-5,8-10,14,16H,6-7,11-12H2,(H,21,24)/t14-,16+/m1/s1. The zero-order valence-corrected chi connectivity index (χ0v) is 14.1. The van der Waals surface area contributed by atoms with E-state index in [1.807, 2.05) is 30.3 Å². The van der Waals surface area contributed by atoms with Gasteiger partial charge < -0.3 is 10.2 Å². The summed E-state index contributed by atoms with van der Waals surface area (Å²) < 4.78 is 0. The molecule has 134 valence electrons. The van der Waals surface area contributed by atoms with Gasteiger partial charge in [0.15, 0.2) is 0 Å². The Morgan fingerprint density at radius 2 is 2.08 bits per heavy atom. The molecule has 2 fully saturated rings. The highest BCUT2D eigenvalue weighted by atomic mass is 16.7. The number of hydrogen-bond acceptors (Lipinski definition) is 5. The van der Waals surface area contributed by atoms with E-state index in [0.717, 1.165) is 12.0 Å². The van der Waals surface area contributed by atoms with Crippen LogP contribution in [0.1, 0.15) is 28.9 Å². The highest BCUT2D eigenvalue weighted by Crippen LogP contribution is 2.29. The zero-order valence-electron chi connectivity index (χ0n) is 14.1. The number of aromatic nitrogens is 2. The molecule has 1 N–H and O–H groups in total. The Morgan fingerprint density at radius 1 is 1.23 bits per heavy atom. The van der Waals surface area contributed by atoms with Crippen molar-refractivity contribution in [2.75, 3.05) is 6.54 Å². The van der Waals surface area contributed by atoms with Crippen molar-refractivity contribution in [1.29, 1.82) is 0 Å². The lowest BCUT2D eigenvalue weighted by Gasteiger charge is -2.30. The molecule has 8 heteroatoms. The van der Waals surface area contributed by atoms with Crippen molar-refractivity contribution in [2.45, 2.75) is 31.7 Å². The molecule has 26 heavy (non-hydrogen) atoms. The number of nitrogens with one attached hydrogen (secondary N) is 1. The van der Waals surface area contributed by atoms with Crippen molar-refractivity contribution in [3.05, 3.63) is 60.2 Å². The van der Waals surface area contributed by atoms with Gasteiger partial charge in [0.05, 0.1) is 12.2 Å². The first-order valence-corrected chi connectivity index (χ1v) is 8.56. The molecule has 2 atom stereocenters. The molecule has 2 aliphatic rings. The molecule has 2 bridgehead atoms. The normalized spacial score (nSPS) is 21.8. The van der Waals surface area contributed by atoms with Gasteiger partial charge in [-0.05, 0) is 18.4 Å². The van der Waals surface area contributed by atoms with Gasteiger partial charge in [-0.3, -0.25) is 14.6 Å². The van der Waals surface area contributed by atoms with Crippen LogP contribution in [0, 0.1) is 0 Å². The minimum Gasteiger partial charge on any atom is -0.330 e. The van der Waals surface area contributed by atoms with Crippen LogP contribution in [-0.4, -0.2) is 50.6 Å². The van der Waals surface area contributed by atoms with E-state index < -0.39 is 0 Å². The van der Waals surface area contributed by atoms with Gasteiger partial charge in [0.1, 0.15) is 18.5 Å². The first-order valence-electron chi connectivity index (χ1n) is 8.56. The summed E-state index contributed by atoms with van der Waals surface area (Å²) in [4.78, 5) is 40.3. The largest absolute Gasteiger partial charge is 0.345 e. The molecule has 0 unspecified atom stereocenters. The van der Waals surface area contributed by atoms with Crippen LogP contribution < -0.4 is 5.32 Å². The van der Waals surface area contributed by atoms with E-state index in [9.17, 15) is 9.59 Å². The number of amides is 3. The van der Waals surface area contributed by atoms with Gasteiger partial charge >= 0.3 is 6.03 Å². The number of carbonyl (C=O) groups is 2. The van der Waals surface area contributed by atoms with E-state index in [1.54, 1.807) is 4.90 Å². The van der Waals surface area contributed by atoms with Gasteiger partial charge in [-0.15, -0.1) is 0 Å². The molecule has 1 aromatic heterocycles. The molecule has 8 nitrogen and oxygen atoms in total. The third-order valence-corrected chi connectivity index (χ3v) is 4.63. The molecule has 1 aromatic carbocycles. The second-order valence-electron chi connectivity index (χ2n) is 6.33. The minimum atomic E-state index is -0.362. The Bertz CT molecular complexity index is 786. The molecule has 3 amide bonds. The molecule has 0 radical (unpaired) electrons. The van der Waals surface area contributed by atoms with Crippen LogP contribution in [0.3, 0.4) is 0 Å². The van der Waals surface area contributed by atoms with E-state index in [-0.39, 0.29) is 29.8 Å². The van der Waals surface area contributed by atoms with Crippen LogP contribution in [0.5, 0.6) is 0 Å². The number of fused-ring (bicyclic) bond motifs is 2. The predicted molar refractivity (Wildman–Crippen MR) is 91.5 cm³/mol. The third kappa shape index (κ3) is 3.23. The van der Waals surface area contributed by atoms with Crippen molar-refractivity contribution in [3.8, 4) is 0 Å². The maximum atomic E-state index is 12.7. The highest BCUT2D eigenvalue weighted by Gasteiger charge is 2.46. The third-order valence-electron chi connectivity index (χ3n) is 4.63. The number of nitrogens with zero attached hydrogens (tertiary/aromatic N) is 4. The summed E-state index contributed by atoms with van der Waals surface area (Å²) in [6.45, 7) is 0.882. The second kappa shape index (κ2) is 7.09. The summed E-state index contributed by atoms with van der Waals surface area (Å²) >= 11 is 0. The number of benzene rings is 1. The lowest BCUT2D eigenvalue weighted by Crippen LogP contribution is -2.51. The van der Waals surface area contributed by atoms with Crippen molar-refractivity contribution in [3.63, 3.8) is 0 Å². The van der Waals surface area contributed by atoms with Crippen molar-refractivity contribution >= 4 is 11.9 Å². The first kappa shape index (κ1) is 16.5.